The molecule has 0 N–H and O–H groups in total. The van der Waals surface area contributed by atoms with E-state index in [0.717, 1.165) is 12.1 Å². The highest BCUT2D eigenvalue weighted by atomic mass is 35.5. The minimum Gasteiger partial charge on any atom is -0.338 e. The van der Waals surface area contributed by atoms with E-state index in [1.807, 2.05) is 0 Å². The Balaban J connectivity index is 2.27. The van der Waals surface area contributed by atoms with Crippen LogP contribution in [0.15, 0.2) is 22.7 Å². The van der Waals surface area contributed by atoms with Crippen molar-refractivity contribution >= 4 is 21.4 Å². The fourth-order valence-electron chi connectivity index (χ4n) is 1.61. The van der Waals surface area contributed by atoms with Crippen molar-refractivity contribution in [3.8, 4) is 0 Å². The van der Waals surface area contributed by atoms with Gasteiger partial charge in [-0.05, 0) is 31.5 Å². The Hall–Kier alpha value is -1.47. The average Bonchev–Trinajstić information content (AvgIpc) is 2.78. The number of aryl methyl sites for hydroxylation is 1. The van der Waals surface area contributed by atoms with Gasteiger partial charge in [0.05, 0.1) is 5.75 Å². The molecule has 1 unspecified atom stereocenters. The second kappa shape index (κ2) is 5.49. The van der Waals surface area contributed by atoms with E-state index in [2.05, 4.69) is 10.1 Å². The van der Waals surface area contributed by atoms with Gasteiger partial charge in [-0.15, -0.1) is 0 Å². The van der Waals surface area contributed by atoms with E-state index in [9.17, 15) is 12.8 Å². The molecule has 0 aliphatic heterocycles. The predicted molar refractivity (Wildman–Crippen MR) is 71.5 cm³/mol. The van der Waals surface area contributed by atoms with Gasteiger partial charge in [0.2, 0.25) is 5.89 Å². The smallest absolute Gasteiger partial charge is 0.244 e. The third-order valence-corrected chi connectivity index (χ3v) is 5.15. The Morgan fingerprint density at radius 1 is 1.45 bits per heavy atom. The zero-order valence-corrected chi connectivity index (χ0v) is 12.4. The molecule has 8 heteroatoms. The van der Waals surface area contributed by atoms with Gasteiger partial charge in [-0.2, -0.15) is 4.98 Å². The molecule has 0 bridgehead atoms. The fourth-order valence-corrected chi connectivity index (χ4v) is 3.26. The summed E-state index contributed by atoms with van der Waals surface area (Å²) in [6.45, 7) is 3.06. The molecule has 0 fully saturated rings. The zero-order valence-electron chi connectivity index (χ0n) is 10.8. The minimum absolute atomic E-state index is 0.0285. The Labute approximate surface area is 120 Å². The van der Waals surface area contributed by atoms with Gasteiger partial charge in [0, 0.05) is 5.02 Å². The van der Waals surface area contributed by atoms with Crippen LogP contribution < -0.4 is 0 Å². The van der Waals surface area contributed by atoms with Gasteiger partial charge in [0.1, 0.15) is 11.1 Å². The van der Waals surface area contributed by atoms with Crippen molar-refractivity contribution in [3.63, 3.8) is 0 Å². The summed E-state index contributed by atoms with van der Waals surface area (Å²) in [6, 6.07) is 3.59. The summed E-state index contributed by atoms with van der Waals surface area (Å²) in [4.78, 5) is 3.91. The standard InChI is InChI=1S/C12H12ClFN2O3S/c1-7(12-15-8(2)16-19-12)20(17,18)6-9-3-4-10(14)5-11(9)13/h3-5,7H,6H2,1-2H3. The number of halogens is 2. The Bertz CT molecular complexity index is 730. The number of sulfone groups is 1. The number of nitrogens with zero attached hydrogens (tertiary/aromatic N) is 2. The summed E-state index contributed by atoms with van der Waals surface area (Å²) < 4.78 is 42.3. The molecule has 0 saturated carbocycles. The van der Waals surface area contributed by atoms with Gasteiger partial charge >= 0.3 is 0 Å². The first-order valence-electron chi connectivity index (χ1n) is 5.75. The van der Waals surface area contributed by atoms with Crippen LogP contribution in [0.25, 0.3) is 0 Å². The first-order valence-corrected chi connectivity index (χ1v) is 7.84. The average molecular weight is 319 g/mol. The number of aromatic nitrogens is 2. The lowest BCUT2D eigenvalue weighted by Crippen LogP contribution is -2.13. The lowest BCUT2D eigenvalue weighted by molar-refractivity contribution is 0.373. The van der Waals surface area contributed by atoms with Gasteiger partial charge < -0.3 is 4.52 Å². The first-order chi connectivity index (χ1) is 9.29. The molecular formula is C12H12ClFN2O3S. The lowest BCUT2D eigenvalue weighted by Gasteiger charge is -2.10. The van der Waals surface area contributed by atoms with E-state index in [0.29, 0.717) is 11.4 Å². The number of hydrogen-bond acceptors (Lipinski definition) is 5. The number of hydrogen-bond donors (Lipinski definition) is 0. The molecule has 0 radical (unpaired) electrons. The molecule has 1 heterocycles. The molecule has 0 aliphatic carbocycles. The molecule has 5 nitrogen and oxygen atoms in total. The molecule has 0 saturated heterocycles. The van der Waals surface area contributed by atoms with Gasteiger partial charge in [0.25, 0.3) is 0 Å². The Morgan fingerprint density at radius 3 is 2.70 bits per heavy atom. The quantitative estimate of drug-likeness (QED) is 0.866. The number of rotatable bonds is 4. The van der Waals surface area contributed by atoms with E-state index in [1.54, 1.807) is 6.92 Å². The van der Waals surface area contributed by atoms with Crippen LogP contribution in [-0.4, -0.2) is 18.6 Å². The highest BCUT2D eigenvalue weighted by Crippen LogP contribution is 2.27. The van der Waals surface area contributed by atoms with E-state index in [-0.39, 0.29) is 16.7 Å². The summed E-state index contributed by atoms with van der Waals surface area (Å²) in [5.41, 5.74) is 0.330. The van der Waals surface area contributed by atoms with Crippen molar-refractivity contribution in [1.29, 1.82) is 0 Å². The molecule has 1 atom stereocenters. The second-order valence-corrected chi connectivity index (χ2v) is 7.09. The highest BCUT2D eigenvalue weighted by Gasteiger charge is 2.28. The monoisotopic (exact) mass is 318 g/mol. The van der Waals surface area contributed by atoms with Crippen LogP contribution in [0.1, 0.15) is 29.5 Å². The van der Waals surface area contributed by atoms with E-state index in [1.165, 1.54) is 13.0 Å². The molecule has 1 aromatic heterocycles. The van der Waals surface area contributed by atoms with Crippen molar-refractivity contribution in [3.05, 3.63) is 46.3 Å². The molecule has 0 spiro atoms. The zero-order chi connectivity index (χ0) is 14.9. The van der Waals surface area contributed by atoms with Gasteiger partial charge in [-0.3, -0.25) is 0 Å². The van der Waals surface area contributed by atoms with Crippen LogP contribution in [0, 0.1) is 12.7 Å². The maximum absolute atomic E-state index is 12.9. The normalized spacial score (nSPS) is 13.4. The molecule has 1 aromatic carbocycles. The molecule has 20 heavy (non-hydrogen) atoms. The lowest BCUT2D eigenvalue weighted by atomic mass is 10.2. The molecule has 2 rings (SSSR count). The summed E-state index contributed by atoms with van der Waals surface area (Å²) >= 11 is 5.83. The predicted octanol–water partition coefficient (Wildman–Crippen LogP) is 2.85. The van der Waals surface area contributed by atoms with Crippen molar-refractivity contribution in [2.24, 2.45) is 0 Å². The van der Waals surface area contributed by atoms with Gasteiger partial charge in [-0.1, -0.05) is 22.8 Å². The van der Waals surface area contributed by atoms with Gasteiger partial charge in [0.15, 0.2) is 15.7 Å². The molecular weight excluding hydrogens is 307 g/mol. The van der Waals surface area contributed by atoms with E-state index >= 15 is 0 Å². The largest absolute Gasteiger partial charge is 0.338 e. The van der Waals surface area contributed by atoms with Crippen molar-refractivity contribution < 1.29 is 17.3 Å². The maximum atomic E-state index is 12.9. The second-order valence-electron chi connectivity index (χ2n) is 4.36. The van der Waals surface area contributed by atoms with Crippen LogP contribution in [0.3, 0.4) is 0 Å². The third-order valence-electron chi connectivity index (χ3n) is 2.80. The van der Waals surface area contributed by atoms with Gasteiger partial charge in [-0.25, -0.2) is 12.8 Å². The van der Waals surface area contributed by atoms with E-state index in [4.69, 9.17) is 16.1 Å². The van der Waals surface area contributed by atoms with E-state index < -0.39 is 20.9 Å². The SMILES string of the molecule is Cc1noc(C(C)S(=O)(=O)Cc2ccc(F)cc2Cl)n1. The fraction of sp³-hybridized carbons (Fsp3) is 0.333. The van der Waals surface area contributed by atoms with Crippen LogP contribution in [0.4, 0.5) is 4.39 Å². The Kier molecular flexibility index (Phi) is 4.10. The topological polar surface area (TPSA) is 73.1 Å². The molecule has 108 valence electrons. The molecule has 0 amide bonds. The van der Waals surface area contributed by atoms with Crippen LogP contribution in [0.2, 0.25) is 5.02 Å². The summed E-state index contributed by atoms with van der Waals surface area (Å²) in [5.74, 6) is -0.450. The number of benzene rings is 1. The molecule has 2 aromatic rings. The van der Waals surface area contributed by atoms with Crippen molar-refractivity contribution in [2.75, 3.05) is 0 Å². The summed E-state index contributed by atoms with van der Waals surface area (Å²) in [6.07, 6.45) is 0. The van der Waals surface area contributed by atoms with Crippen LogP contribution in [-0.2, 0) is 15.6 Å². The minimum atomic E-state index is -3.59. The highest BCUT2D eigenvalue weighted by molar-refractivity contribution is 7.90. The molecule has 0 aliphatic rings. The van der Waals surface area contributed by atoms with Crippen molar-refractivity contribution in [2.45, 2.75) is 24.9 Å². The van der Waals surface area contributed by atoms with Crippen LogP contribution in [0.5, 0.6) is 0 Å². The van der Waals surface area contributed by atoms with Crippen molar-refractivity contribution in [1.82, 2.24) is 10.1 Å². The maximum Gasteiger partial charge on any atom is 0.244 e. The summed E-state index contributed by atoms with van der Waals surface area (Å²) in [7, 11) is -3.59. The third kappa shape index (κ3) is 3.16. The summed E-state index contributed by atoms with van der Waals surface area (Å²) in [5, 5.41) is 2.68. The van der Waals surface area contributed by atoms with Crippen LogP contribution >= 0.6 is 11.6 Å². The Morgan fingerprint density at radius 2 is 2.15 bits per heavy atom. The first kappa shape index (κ1) is 14.9.